The van der Waals surface area contributed by atoms with E-state index in [1.165, 1.54) is 15.6 Å². The van der Waals surface area contributed by atoms with Crippen LogP contribution in [0.2, 0.25) is 5.02 Å². The molecule has 4 rings (SSSR count). The van der Waals surface area contributed by atoms with Gasteiger partial charge in [0, 0.05) is 19.6 Å². The van der Waals surface area contributed by atoms with Crippen LogP contribution in [0, 0.1) is 0 Å². The number of benzene rings is 2. The molecule has 1 fully saturated rings. The fourth-order valence-electron chi connectivity index (χ4n) is 3.54. The molecule has 3 aromatic rings. The van der Waals surface area contributed by atoms with Gasteiger partial charge in [0.2, 0.25) is 0 Å². The normalized spacial score (nSPS) is 14.8. The number of rotatable bonds is 6. The maximum Gasteiger partial charge on any atom is 0.350 e. The van der Waals surface area contributed by atoms with Crippen molar-refractivity contribution in [3.05, 3.63) is 76.2 Å². The molecule has 2 heterocycles. The van der Waals surface area contributed by atoms with E-state index < -0.39 is 0 Å². The summed E-state index contributed by atoms with van der Waals surface area (Å²) in [5, 5.41) is 4.74. The van der Waals surface area contributed by atoms with Gasteiger partial charge in [-0.25, -0.2) is 18.4 Å². The van der Waals surface area contributed by atoms with E-state index in [0.29, 0.717) is 30.3 Å². The summed E-state index contributed by atoms with van der Waals surface area (Å²) in [6.07, 6.45) is 1.83. The minimum atomic E-state index is -0.370. The van der Waals surface area contributed by atoms with Gasteiger partial charge in [-0.15, -0.1) is 0 Å². The molecule has 31 heavy (non-hydrogen) atoms. The number of anilines is 1. The van der Waals surface area contributed by atoms with Crippen LogP contribution in [0.5, 0.6) is 0 Å². The van der Waals surface area contributed by atoms with Crippen LogP contribution in [0.15, 0.2) is 65.5 Å². The lowest BCUT2D eigenvalue weighted by Crippen LogP contribution is -2.36. The van der Waals surface area contributed by atoms with E-state index in [9.17, 15) is 9.18 Å². The maximum atomic E-state index is 12.8. The van der Waals surface area contributed by atoms with Crippen molar-refractivity contribution in [1.29, 1.82) is 0 Å². The van der Waals surface area contributed by atoms with Crippen LogP contribution in [0.4, 0.5) is 10.1 Å². The number of hydrogen-bond donors (Lipinski definition) is 1. The molecule has 162 valence electrons. The van der Waals surface area contributed by atoms with Crippen LogP contribution >= 0.6 is 11.6 Å². The second-order valence-corrected chi connectivity index (χ2v) is 7.64. The average Bonchev–Trinajstić information content (AvgIpc) is 3.18. The molecule has 0 unspecified atom stereocenters. The van der Waals surface area contributed by atoms with E-state index >= 15 is 0 Å². The third kappa shape index (κ3) is 4.56. The standard InChI is InChI=1S/C22H23ClFN5O2/c23-20-11-18(4-5-21(20)27-6-8-31-9-7-27)17-2-1-3-19(10-17)28-15-26-29(22(28)30)14-16(12-24)13-25/h1-5,10-12,15H,6-9,13-14,25H2/b16-12+. The quantitative estimate of drug-likeness (QED) is 0.633. The molecular formula is C22H23ClFN5O2. The lowest BCUT2D eigenvalue weighted by molar-refractivity contribution is 0.122. The van der Waals surface area contributed by atoms with Crippen molar-refractivity contribution in [3.63, 3.8) is 0 Å². The number of morpholine rings is 1. The Labute approximate surface area is 184 Å². The van der Waals surface area contributed by atoms with Crippen molar-refractivity contribution in [2.45, 2.75) is 6.54 Å². The van der Waals surface area contributed by atoms with Gasteiger partial charge in [0.25, 0.3) is 0 Å². The Hall–Kier alpha value is -2.94. The predicted molar refractivity (Wildman–Crippen MR) is 120 cm³/mol. The first-order valence-electron chi connectivity index (χ1n) is 9.96. The number of nitrogens with zero attached hydrogens (tertiary/aromatic N) is 4. The Kier molecular flexibility index (Phi) is 6.50. The van der Waals surface area contributed by atoms with Crippen molar-refractivity contribution in [2.75, 3.05) is 37.7 Å². The Morgan fingerprint density at radius 2 is 1.97 bits per heavy atom. The number of aromatic nitrogens is 3. The first kappa shape index (κ1) is 21.3. The number of hydrogen-bond acceptors (Lipinski definition) is 5. The van der Waals surface area contributed by atoms with Crippen LogP contribution < -0.4 is 16.3 Å². The Bertz CT molecular complexity index is 1150. The van der Waals surface area contributed by atoms with E-state index in [2.05, 4.69) is 10.00 Å². The molecule has 0 atom stereocenters. The molecule has 0 amide bonds. The summed E-state index contributed by atoms with van der Waals surface area (Å²) in [7, 11) is 0. The lowest BCUT2D eigenvalue weighted by atomic mass is 10.0. The minimum Gasteiger partial charge on any atom is -0.378 e. The van der Waals surface area contributed by atoms with Crippen LogP contribution in [0.25, 0.3) is 16.8 Å². The molecular weight excluding hydrogens is 421 g/mol. The third-order valence-electron chi connectivity index (χ3n) is 5.26. The van der Waals surface area contributed by atoms with Gasteiger partial charge in [-0.3, -0.25) is 0 Å². The van der Waals surface area contributed by atoms with Gasteiger partial charge in [0.05, 0.1) is 42.5 Å². The smallest absolute Gasteiger partial charge is 0.350 e. The van der Waals surface area contributed by atoms with Gasteiger partial charge in [-0.1, -0.05) is 29.8 Å². The first-order valence-corrected chi connectivity index (χ1v) is 10.3. The zero-order valence-corrected chi connectivity index (χ0v) is 17.6. The molecule has 1 saturated heterocycles. The minimum absolute atomic E-state index is 0.0110. The van der Waals surface area contributed by atoms with Crippen molar-refractivity contribution in [1.82, 2.24) is 14.3 Å². The van der Waals surface area contributed by atoms with Crippen LogP contribution in [-0.2, 0) is 11.3 Å². The molecule has 9 heteroatoms. The highest BCUT2D eigenvalue weighted by Crippen LogP contribution is 2.32. The molecule has 0 aliphatic carbocycles. The second-order valence-electron chi connectivity index (χ2n) is 7.23. The summed E-state index contributed by atoms with van der Waals surface area (Å²) in [4.78, 5) is 14.9. The summed E-state index contributed by atoms with van der Waals surface area (Å²) in [6, 6.07) is 13.5. The monoisotopic (exact) mass is 443 g/mol. The highest BCUT2D eigenvalue weighted by molar-refractivity contribution is 6.33. The van der Waals surface area contributed by atoms with Crippen molar-refractivity contribution < 1.29 is 9.13 Å². The van der Waals surface area contributed by atoms with Gasteiger partial charge in [0.1, 0.15) is 6.33 Å². The molecule has 0 bridgehead atoms. The highest BCUT2D eigenvalue weighted by Gasteiger charge is 2.15. The van der Waals surface area contributed by atoms with Crippen LogP contribution in [-0.4, -0.2) is 47.2 Å². The van der Waals surface area contributed by atoms with E-state index in [0.717, 1.165) is 29.9 Å². The summed E-state index contributed by atoms with van der Waals surface area (Å²) >= 11 is 6.58. The summed E-state index contributed by atoms with van der Waals surface area (Å²) < 4.78 is 20.8. The van der Waals surface area contributed by atoms with Gasteiger partial charge < -0.3 is 15.4 Å². The molecule has 2 aromatic carbocycles. The molecule has 1 aliphatic rings. The zero-order valence-electron chi connectivity index (χ0n) is 16.9. The third-order valence-corrected chi connectivity index (χ3v) is 5.56. The van der Waals surface area contributed by atoms with E-state index in [4.69, 9.17) is 22.1 Å². The van der Waals surface area contributed by atoms with Gasteiger partial charge >= 0.3 is 5.69 Å². The topological polar surface area (TPSA) is 78.3 Å². The van der Waals surface area contributed by atoms with Crippen molar-refractivity contribution >= 4 is 17.3 Å². The van der Waals surface area contributed by atoms with Crippen LogP contribution in [0.1, 0.15) is 0 Å². The van der Waals surface area contributed by atoms with Gasteiger partial charge in [0.15, 0.2) is 0 Å². The Balaban J connectivity index is 1.61. The molecule has 0 spiro atoms. The zero-order chi connectivity index (χ0) is 21.8. The van der Waals surface area contributed by atoms with Crippen LogP contribution in [0.3, 0.4) is 0 Å². The largest absolute Gasteiger partial charge is 0.378 e. The first-order chi connectivity index (χ1) is 15.1. The fraction of sp³-hybridized carbons (Fsp3) is 0.273. The predicted octanol–water partition coefficient (Wildman–Crippen LogP) is 3.00. The fourth-order valence-corrected chi connectivity index (χ4v) is 3.84. The molecule has 0 saturated carbocycles. The molecule has 1 aliphatic heterocycles. The SMILES string of the molecule is NC/C(=C\F)Cn1ncn(-c2cccc(-c3ccc(N4CCOCC4)c(Cl)c3)c2)c1=O. The molecule has 1 aromatic heterocycles. The highest BCUT2D eigenvalue weighted by atomic mass is 35.5. The lowest BCUT2D eigenvalue weighted by Gasteiger charge is -2.29. The number of ether oxygens (including phenoxy) is 1. The van der Waals surface area contributed by atoms with Gasteiger partial charge in [-0.2, -0.15) is 5.10 Å². The van der Waals surface area contributed by atoms with E-state index in [-0.39, 0.29) is 24.4 Å². The van der Waals surface area contributed by atoms with E-state index in [1.54, 1.807) is 0 Å². The summed E-state index contributed by atoms with van der Waals surface area (Å²) in [5.74, 6) is 0. The average molecular weight is 444 g/mol. The maximum absolute atomic E-state index is 12.8. The van der Waals surface area contributed by atoms with Crippen molar-refractivity contribution in [3.8, 4) is 16.8 Å². The number of halogens is 2. The second kappa shape index (κ2) is 9.47. The Morgan fingerprint density at radius 3 is 2.68 bits per heavy atom. The summed E-state index contributed by atoms with van der Waals surface area (Å²) in [5.41, 5.74) is 8.89. The number of nitrogens with two attached hydrogens (primary N) is 1. The molecule has 0 radical (unpaired) electrons. The molecule has 2 N–H and O–H groups in total. The van der Waals surface area contributed by atoms with Crippen molar-refractivity contribution in [2.24, 2.45) is 5.73 Å². The van der Waals surface area contributed by atoms with E-state index in [1.807, 2.05) is 42.5 Å². The summed E-state index contributed by atoms with van der Waals surface area (Å²) in [6.45, 7) is 3.03. The van der Waals surface area contributed by atoms with Gasteiger partial charge in [-0.05, 0) is 41.0 Å². The Morgan fingerprint density at radius 1 is 1.19 bits per heavy atom. The molecule has 7 nitrogen and oxygen atoms in total.